The van der Waals surface area contributed by atoms with Gasteiger partial charge in [0.25, 0.3) is 0 Å². The molecule has 1 heterocycles. The van der Waals surface area contributed by atoms with Crippen LogP contribution in [-0.4, -0.2) is 16.8 Å². The van der Waals surface area contributed by atoms with Crippen molar-refractivity contribution < 1.29 is 24.4 Å². The van der Waals surface area contributed by atoms with Crippen LogP contribution in [0.1, 0.15) is 23.1 Å². The first-order valence-electron chi connectivity index (χ1n) is 11.3. The van der Waals surface area contributed by atoms with Crippen molar-refractivity contribution >= 4 is 0 Å². The fourth-order valence-electron chi connectivity index (χ4n) is 3.55. The minimum atomic E-state index is -0.0764. The standard InChI is InChI=1S/C23H22O3.C6H6O2/c1-3-8-18(9-4-1)16-25-20-14-22-21(12-7-13-24-22)23(15-20)26-17-19-10-5-2-6-11-19;7-5-3-1-2-4-6(5)8/h1-6,8-11,14-15H,7,12-13,16-17H2;1-4,7-8H. The lowest BCUT2D eigenvalue weighted by Crippen LogP contribution is -2.11. The summed E-state index contributed by atoms with van der Waals surface area (Å²) >= 11 is 0. The van der Waals surface area contributed by atoms with Crippen LogP contribution in [0, 0.1) is 0 Å². The van der Waals surface area contributed by atoms with Crippen molar-refractivity contribution in [3.05, 3.63) is 114 Å². The molecule has 0 atom stereocenters. The number of phenols is 2. The molecule has 0 aliphatic carbocycles. The predicted octanol–water partition coefficient (Wildman–Crippen LogP) is 6.27. The SMILES string of the molecule is Oc1ccccc1O.c1ccc(COc2cc3c(c(OCc4ccccc4)c2)CCCO3)cc1. The molecule has 0 fully saturated rings. The van der Waals surface area contributed by atoms with E-state index in [1.807, 2.05) is 48.5 Å². The number of aromatic hydroxyl groups is 2. The lowest BCUT2D eigenvalue weighted by atomic mass is 10.0. The molecule has 0 saturated carbocycles. The number of phenolic OH excluding ortho intramolecular Hbond substituents is 2. The van der Waals surface area contributed by atoms with E-state index in [0.717, 1.165) is 53.4 Å². The van der Waals surface area contributed by atoms with Gasteiger partial charge in [-0.25, -0.2) is 0 Å². The van der Waals surface area contributed by atoms with Gasteiger partial charge < -0.3 is 24.4 Å². The van der Waals surface area contributed by atoms with Gasteiger partial charge >= 0.3 is 0 Å². The van der Waals surface area contributed by atoms with E-state index in [1.165, 1.54) is 12.1 Å². The van der Waals surface area contributed by atoms with Gasteiger partial charge in [0.05, 0.1) is 6.61 Å². The molecule has 1 aliphatic heterocycles. The molecule has 0 spiro atoms. The number of hydrogen-bond donors (Lipinski definition) is 2. The Hall–Kier alpha value is -4.12. The Morgan fingerprint density at radius 3 is 1.82 bits per heavy atom. The van der Waals surface area contributed by atoms with Crippen LogP contribution < -0.4 is 14.2 Å². The number of fused-ring (bicyclic) bond motifs is 1. The minimum Gasteiger partial charge on any atom is -0.504 e. The zero-order valence-corrected chi connectivity index (χ0v) is 18.9. The Balaban J connectivity index is 0.000000291. The lowest BCUT2D eigenvalue weighted by molar-refractivity contribution is 0.258. The van der Waals surface area contributed by atoms with Crippen LogP contribution in [0.25, 0.3) is 0 Å². The molecule has 5 nitrogen and oxygen atoms in total. The molecule has 34 heavy (non-hydrogen) atoms. The second-order valence-corrected chi connectivity index (χ2v) is 7.89. The Kier molecular flexibility index (Phi) is 7.90. The highest BCUT2D eigenvalue weighted by Gasteiger charge is 2.18. The fraction of sp³-hybridized carbons (Fsp3) is 0.172. The van der Waals surface area contributed by atoms with Crippen molar-refractivity contribution in [1.82, 2.24) is 0 Å². The van der Waals surface area contributed by atoms with Crippen molar-refractivity contribution in [2.75, 3.05) is 6.61 Å². The second-order valence-electron chi connectivity index (χ2n) is 7.89. The third kappa shape index (κ3) is 6.45. The number of benzene rings is 4. The Bertz CT molecular complexity index is 1150. The van der Waals surface area contributed by atoms with Gasteiger partial charge in [-0.1, -0.05) is 72.8 Å². The number of hydrogen-bond acceptors (Lipinski definition) is 5. The van der Waals surface area contributed by atoms with Crippen molar-refractivity contribution in [2.45, 2.75) is 26.1 Å². The topological polar surface area (TPSA) is 68.2 Å². The Morgan fingerprint density at radius 2 is 1.24 bits per heavy atom. The Morgan fingerprint density at radius 1 is 0.676 bits per heavy atom. The fourth-order valence-corrected chi connectivity index (χ4v) is 3.55. The number of ether oxygens (including phenoxy) is 3. The third-order valence-corrected chi connectivity index (χ3v) is 5.34. The zero-order valence-electron chi connectivity index (χ0n) is 18.9. The highest BCUT2D eigenvalue weighted by atomic mass is 16.5. The van der Waals surface area contributed by atoms with Crippen LogP contribution in [0.2, 0.25) is 0 Å². The van der Waals surface area contributed by atoms with E-state index in [1.54, 1.807) is 12.1 Å². The second kappa shape index (κ2) is 11.7. The summed E-state index contributed by atoms with van der Waals surface area (Å²) in [5, 5.41) is 17.3. The van der Waals surface area contributed by atoms with Gasteiger partial charge in [0.15, 0.2) is 11.5 Å². The van der Waals surface area contributed by atoms with Crippen molar-refractivity contribution in [1.29, 1.82) is 0 Å². The summed E-state index contributed by atoms with van der Waals surface area (Å²) in [5.41, 5.74) is 3.42. The van der Waals surface area contributed by atoms with E-state index < -0.39 is 0 Å². The minimum absolute atomic E-state index is 0.0764. The summed E-state index contributed by atoms with van der Waals surface area (Å²) in [6.07, 6.45) is 1.98. The average Bonchev–Trinajstić information content (AvgIpc) is 2.89. The van der Waals surface area contributed by atoms with Gasteiger partial charge in [0.2, 0.25) is 0 Å². The zero-order chi connectivity index (χ0) is 23.6. The van der Waals surface area contributed by atoms with Gasteiger partial charge in [-0.2, -0.15) is 0 Å². The largest absolute Gasteiger partial charge is 0.504 e. The highest BCUT2D eigenvalue weighted by molar-refractivity contribution is 5.51. The van der Waals surface area contributed by atoms with E-state index in [4.69, 9.17) is 24.4 Å². The van der Waals surface area contributed by atoms with Crippen LogP contribution >= 0.6 is 0 Å². The summed E-state index contributed by atoms with van der Waals surface area (Å²) in [6.45, 7) is 1.81. The quantitative estimate of drug-likeness (QED) is 0.335. The van der Waals surface area contributed by atoms with Gasteiger partial charge in [0.1, 0.15) is 30.5 Å². The van der Waals surface area contributed by atoms with E-state index in [2.05, 4.69) is 24.3 Å². The molecular weight excluding hydrogens is 428 g/mol. The van der Waals surface area contributed by atoms with E-state index >= 15 is 0 Å². The third-order valence-electron chi connectivity index (χ3n) is 5.34. The molecule has 4 aromatic rings. The first kappa shape index (κ1) is 23.1. The number of para-hydroxylation sites is 2. The van der Waals surface area contributed by atoms with Crippen LogP contribution in [0.3, 0.4) is 0 Å². The maximum absolute atomic E-state index is 8.67. The van der Waals surface area contributed by atoms with Crippen LogP contribution in [0.4, 0.5) is 0 Å². The number of rotatable bonds is 6. The normalized spacial score (nSPS) is 11.9. The highest BCUT2D eigenvalue weighted by Crippen LogP contribution is 2.38. The van der Waals surface area contributed by atoms with Crippen molar-refractivity contribution in [3.8, 4) is 28.7 Å². The smallest absolute Gasteiger partial charge is 0.157 e. The molecule has 5 rings (SSSR count). The molecule has 0 amide bonds. The molecule has 174 valence electrons. The van der Waals surface area contributed by atoms with Crippen LogP contribution in [0.5, 0.6) is 28.7 Å². The summed E-state index contributed by atoms with van der Waals surface area (Å²) < 4.78 is 18.0. The first-order valence-corrected chi connectivity index (χ1v) is 11.3. The van der Waals surface area contributed by atoms with Gasteiger partial charge in [-0.15, -0.1) is 0 Å². The first-order chi connectivity index (χ1) is 16.7. The monoisotopic (exact) mass is 456 g/mol. The average molecular weight is 457 g/mol. The molecule has 4 aromatic carbocycles. The lowest BCUT2D eigenvalue weighted by Gasteiger charge is -2.22. The molecule has 0 saturated heterocycles. The Labute approximate surface area is 199 Å². The molecule has 0 aromatic heterocycles. The molecule has 1 aliphatic rings. The molecule has 2 N–H and O–H groups in total. The van der Waals surface area contributed by atoms with E-state index in [-0.39, 0.29) is 11.5 Å². The summed E-state index contributed by atoms with van der Waals surface area (Å²) in [7, 11) is 0. The molecule has 0 radical (unpaired) electrons. The van der Waals surface area contributed by atoms with Crippen molar-refractivity contribution in [3.63, 3.8) is 0 Å². The maximum Gasteiger partial charge on any atom is 0.157 e. The van der Waals surface area contributed by atoms with E-state index in [9.17, 15) is 0 Å². The van der Waals surface area contributed by atoms with Crippen LogP contribution in [-0.2, 0) is 19.6 Å². The van der Waals surface area contributed by atoms with E-state index in [0.29, 0.717) is 13.2 Å². The molecule has 0 unspecified atom stereocenters. The molecular formula is C29H28O5. The van der Waals surface area contributed by atoms with Gasteiger partial charge in [0, 0.05) is 17.7 Å². The predicted molar refractivity (Wildman–Crippen MR) is 132 cm³/mol. The van der Waals surface area contributed by atoms with Crippen molar-refractivity contribution in [2.24, 2.45) is 0 Å². The summed E-state index contributed by atoms with van der Waals surface area (Å²) in [6, 6.07) is 30.5. The van der Waals surface area contributed by atoms with Gasteiger partial charge in [-0.3, -0.25) is 0 Å². The van der Waals surface area contributed by atoms with Gasteiger partial charge in [-0.05, 0) is 36.1 Å². The molecule has 5 heteroatoms. The maximum atomic E-state index is 8.67. The summed E-state index contributed by atoms with van der Waals surface area (Å²) in [4.78, 5) is 0. The van der Waals surface area contributed by atoms with Crippen LogP contribution in [0.15, 0.2) is 97.1 Å². The molecule has 0 bridgehead atoms. The summed E-state index contributed by atoms with van der Waals surface area (Å²) in [5.74, 6) is 2.36.